The van der Waals surface area contributed by atoms with Gasteiger partial charge in [-0.15, -0.1) is 0 Å². The van der Waals surface area contributed by atoms with E-state index >= 15 is 0 Å². The van der Waals surface area contributed by atoms with E-state index in [1.165, 1.54) is 26.4 Å². The number of carbonyl (C=O) groups is 1. The van der Waals surface area contributed by atoms with Crippen LogP contribution in [0.5, 0.6) is 0 Å². The van der Waals surface area contributed by atoms with Gasteiger partial charge in [0.15, 0.2) is 0 Å². The van der Waals surface area contributed by atoms with Crippen molar-refractivity contribution in [2.24, 2.45) is 0 Å². The van der Waals surface area contributed by atoms with Crippen LogP contribution >= 0.6 is 0 Å². The molecular weight excluding hydrogens is 268 g/mol. The van der Waals surface area contributed by atoms with Crippen LogP contribution in [0.1, 0.15) is 46.0 Å². The molecule has 2 rings (SSSR count). The smallest absolute Gasteiger partial charge is 0.325 e. The highest BCUT2D eigenvalue weighted by molar-refractivity contribution is 5.80. The maximum absolute atomic E-state index is 12.1. The number of nitrogens with one attached hydrogen (secondary N) is 1. The summed E-state index contributed by atoms with van der Waals surface area (Å²) < 4.78 is 10.7. The van der Waals surface area contributed by atoms with E-state index in [2.05, 4.69) is 10.2 Å². The molecule has 21 heavy (non-hydrogen) atoms. The predicted molar refractivity (Wildman–Crippen MR) is 82.3 cm³/mol. The lowest BCUT2D eigenvalue weighted by atomic mass is 9.96. The molecule has 1 aliphatic carbocycles. The summed E-state index contributed by atoms with van der Waals surface area (Å²) in [5.41, 5.74) is -0.561. The van der Waals surface area contributed by atoms with Gasteiger partial charge >= 0.3 is 5.97 Å². The van der Waals surface area contributed by atoms with Crippen molar-refractivity contribution in [3.63, 3.8) is 0 Å². The van der Waals surface area contributed by atoms with Crippen LogP contribution in [0.4, 0.5) is 0 Å². The van der Waals surface area contributed by atoms with Gasteiger partial charge < -0.3 is 14.4 Å². The molecule has 0 amide bonds. The van der Waals surface area contributed by atoms with Crippen LogP contribution in [0.3, 0.4) is 0 Å². The standard InChI is InChI=1S/C16H30N2O3/c1-4-21-14-6-5-10-18(12-14)11-9-16(2,15(19)20-3)17-13-7-8-13/h13-14,17H,4-12H2,1-3H3. The number of hydrogen-bond donors (Lipinski definition) is 1. The molecule has 5 heteroatoms. The third kappa shape index (κ3) is 4.94. The molecule has 0 radical (unpaired) electrons. The van der Waals surface area contributed by atoms with Crippen molar-refractivity contribution in [3.8, 4) is 0 Å². The Labute approximate surface area is 128 Å². The Morgan fingerprint density at radius 3 is 2.76 bits per heavy atom. The largest absolute Gasteiger partial charge is 0.468 e. The van der Waals surface area contributed by atoms with Gasteiger partial charge in [-0.25, -0.2) is 0 Å². The number of nitrogens with zero attached hydrogens (tertiary/aromatic N) is 1. The van der Waals surface area contributed by atoms with Crippen LogP contribution in [0, 0.1) is 0 Å². The highest BCUT2D eigenvalue weighted by Gasteiger charge is 2.39. The first-order chi connectivity index (χ1) is 10.1. The summed E-state index contributed by atoms with van der Waals surface area (Å²) in [6, 6.07) is 0.492. The van der Waals surface area contributed by atoms with E-state index < -0.39 is 5.54 Å². The molecule has 5 nitrogen and oxygen atoms in total. The van der Waals surface area contributed by atoms with Gasteiger partial charge in [0.1, 0.15) is 5.54 Å². The van der Waals surface area contributed by atoms with Crippen molar-refractivity contribution < 1.29 is 14.3 Å². The van der Waals surface area contributed by atoms with Gasteiger partial charge in [-0.2, -0.15) is 0 Å². The Kier molecular flexibility index (Phi) is 6.02. The number of hydrogen-bond acceptors (Lipinski definition) is 5. The van der Waals surface area contributed by atoms with Crippen LogP contribution in [0.2, 0.25) is 0 Å². The second-order valence-electron chi connectivity index (χ2n) is 6.51. The number of esters is 1. The topological polar surface area (TPSA) is 50.8 Å². The normalized spacial score (nSPS) is 26.3. The minimum Gasteiger partial charge on any atom is -0.468 e. The van der Waals surface area contributed by atoms with Crippen LogP contribution in [0.15, 0.2) is 0 Å². The Hall–Kier alpha value is -0.650. The molecule has 1 saturated heterocycles. The van der Waals surface area contributed by atoms with Crippen molar-refractivity contribution in [3.05, 3.63) is 0 Å². The SMILES string of the molecule is CCOC1CCCN(CCC(C)(NC2CC2)C(=O)OC)C1. The maximum Gasteiger partial charge on any atom is 0.325 e. The van der Waals surface area contributed by atoms with Crippen LogP contribution in [-0.2, 0) is 14.3 Å². The third-order valence-electron chi connectivity index (χ3n) is 4.53. The van der Waals surface area contributed by atoms with E-state index in [4.69, 9.17) is 9.47 Å². The second-order valence-corrected chi connectivity index (χ2v) is 6.51. The Morgan fingerprint density at radius 1 is 1.38 bits per heavy atom. The number of methoxy groups -OCH3 is 1. The summed E-state index contributed by atoms with van der Waals surface area (Å²) in [6.07, 6.45) is 5.80. The zero-order valence-electron chi connectivity index (χ0n) is 13.7. The van der Waals surface area contributed by atoms with Crippen molar-refractivity contribution in [2.45, 2.75) is 63.6 Å². The lowest BCUT2D eigenvalue weighted by Gasteiger charge is -2.35. The predicted octanol–water partition coefficient (Wildman–Crippen LogP) is 1.56. The Balaban J connectivity index is 1.84. The fraction of sp³-hybridized carbons (Fsp3) is 0.938. The molecule has 1 heterocycles. The average molecular weight is 298 g/mol. The van der Waals surface area contributed by atoms with E-state index in [9.17, 15) is 4.79 Å². The molecule has 0 aromatic rings. The minimum atomic E-state index is -0.561. The molecule has 122 valence electrons. The monoisotopic (exact) mass is 298 g/mol. The number of piperidine rings is 1. The fourth-order valence-corrected chi connectivity index (χ4v) is 3.11. The summed E-state index contributed by atoms with van der Waals surface area (Å²) in [6.45, 7) is 7.79. The quantitative estimate of drug-likeness (QED) is 0.689. The number of likely N-dealkylation sites (tertiary alicyclic amines) is 1. The van der Waals surface area contributed by atoms with Gasteiger partial charge in [0.2, 0.25) is 0 Å². The summed E-state index contributed by atoms with van der Waals surface area (Å²) in [5.74, 6) is -0.146. The summed E-state index contributed by atoms with van der Waals surface area (Å²) in [5, 5.41) is 3.46. The molecule has 0 bridgehead atoms. The molecule has 1 N–H and O–H groups in total. The zero-order valence-corrected chi connectivity index (χ0v) is 13.7. The lowest BCUT2D eigenvalue weighted by molar-refractivity contribution is -0.148. The maximum atomic E-state index is 12.1. The van der Waals surface area contributed by atoms with Crippen molar-refractivity contribution >= 4 is 5.97 Å². The third-order valence-corrected chi connectivity index (χ3v) is 4.53. The summed E-state index contributed by atoms with van der Waals surface area (Å²) >= 11 is 0. The van der Waals surface area contributed by atoms with Gasteiger partial charge in [0, 0.05) is 25.7 Å². The Bertz CT molecular complexity index is 344. The molecule has 2 unspecified atom stereocenters. The Morgan fingerprint density at radius 2 is 2.14 bits per heavy atom. The fourth-order valence-electron chi connectivity index (χ4n) is 3.11. The number of ether oxygens (including phenoxy) is 2. The van der Waals surface area contributed by atoms with Gasteiger partial charge in [-0.3, -0.25) is 10.1 Å². The van der Waals surface area contributed by atoms with Crippen molar-refractivity contribution in [2.75, 3.05) is 33.4 Å². The highest BCUT2D eigenvalue weighted by atomic mass is 16.5. The molecule has 2 atom stereocenters. The highest BCUT2D eigenvalue weighted by Crippen LogP contribution is 2.25. The first kappa shape index (κ1) is 16.7. The average Bonchev–Trinajstić information content (AvgIpc) is 3.29. The van der Waals surface area contributed by atoms with E-state index in [1.54, 1.807) is 0 Å². The molecule has 0 aromatic heterocycles. The van der Waals surface area contributed by atoms with E-state index in [-0.39, 0.29) is 5.97 Å². The molecule has 2 fully saturated rings. The van der Waals surface area contributed by atoms with Crippen molar-refractivity contribution in [1.29, 1.82) is 0 Å². The molecule has 1 aliphatic heterocycles. The lowest BCUT2D eigenvalue weighted by Crippen LogP contribution is -2.53. The van der Waals surface area contributed by atoms with Gasteiger partial charge in [-0.05, 0) is 52.5 Å². The summed E-state index contributed by atoms with van der Waals surface area (Å²) in [4.78, 5) is 14.5. The first-order valence-corrected chi connectivity index (χ1v) is 8.27. The zero-order chi connectivity index (χ0) is 15.3. The summed E-state index contributed by atoms with van der Waals surface area (Å²) in [7, 11) is 1.47. The number of carbonyl (C=O) groups excluding carboxylic acids is 1. The van der Waals surface area contributed by atoms with E-state index in [0.29, 0.717) is 12.1 Å². The molecular formula is C16H30N2O3. The van der Waals surface area contributed by atoms with Gasteiger partial charge in [0.05, 0.1) is 13.2 Å². The van der Waals surface area contributed by atoms with Gasteiger partial charge in [0.25, 0.3) is 0 Å². The van der Waals surface area contributed by atoms with Crippen LogP contribution < -0.4 is 5.32 Å². The molecule has 2 aliphatic rings. The van der Waals surface area contributed by atoms with E-state index in [0.717, 1.165) is 39.1 Å². The van der Waals surface area contributed by atoms with E-state index in [1.807, 2.05) is 13.8 Å². The molecule has 1 saturated carbocycles. The van der Waals surface area contributed by atoms with Crippen LogP contribution in [0.25, 0.3) is 0 Å². The second kappa shape index (κ2) is 7.56. The van der Waals surface area contributed by atoms with Crippen molar-refractivity contribution in [1.82, 2.24) is 10.2 Å². The molecule has 0 aromatic carbocycles. The number of rotatable bonds is 8. The first-order valence-electron chi connectivity index (χ1n) is 8.27. The van der Waals surface area contributed by atoms with Crippen LogP contribution in [-0.4, -0.2) is 61.9 Å². The minimum absolute atomic E-state index is 0.146. The van der Waals surface area contributed by atoms with Gasteiger partial charge in [-0.1, -0.05) is 0 Å². The molecule has 0 spiro atoms.